The Labute approximate surface area is 206 Å². The molecule has 3 N–H and O–H groups in total. The van der Waals surface area contributed by atoms with Crippen molar-refractivity contribution in [1.29, 1.82) is 0 Å². The Morgan fingerprint density at radius 3 is 2.58 bits per heavy atom. The Kier molecular flexibility index (Phi) is 7.51. The molecule has 0 saturated carbocycles. The number of H-pyrrole nitrogens is 1. The van der Waals surface area contributed by atoms with E-state index in [1.165, 1.54) is 10.7 Å². The van der Waals surface area contributed by atoms with Crippen LogP contribution >= 0.6 is 0 Å². The molecule has 8 nitrogen and oxygen atoms in total. The number of urea groups is 1. The van der Waals surface area contributed by atoms with Crippen molar-refractivity contribution in [3.8, 4) is 5.69 Å². The van der Waals surface area contributed by atoms with Gasteiger partial charge in [0.1, 0.15) is 5.82 Å². The summed E-state index contributed by atoms with van der Waals surface area (Å²) in [6.45, 7) is 3.54. The fraction of sp³-hybridized carbons (Fsp3) is 0.360. The van der Waals surface area contributed by atoms with Gasteiger partial charge in [-0.2, -0.15) is 13.2 Å². The first-order valence-electron chi connectivity index (χ1n) is 11.5. The normalized spacial score (nSPS) is 18.4. The number of anilines is 1. The number of alkyl halides is 3. The summed E-state index contributed by atoms with van der Waals surface area (Å²) in [5, 5.41) is 8.37. The lowest BCUT2D eigenvalue weighted by Crippen LogP contribution is -2.42. The van der Waals surface area contributed by atoms with Crippen LogP contribution < -0.4 is 16.2 Å². The van der Waals surface area contributed by atoms with Gasteiger partial charge in [-0.25, -0.2) is 9.48 Å². The molecule has 2 heterocycles. The average Bonchev–Trinajstić information content (AvgIpc) is 3.38. The van der Waals surface area contributed by atoms with Crippen LogP contribution in [0.1, 0.15) is 22.6 Å². The van der Waals surface area contributed by atoms with Crippen LogP contribution in [0.2, 0.25) is 0 Å². The lowest BCUT2D eigenvalue weighted by molar-refractivity contribution is -0.137. The van der Waals surface area contributed by atoms with Gasteiger partial charge in [0.15, 0.2) is 0 Å². The van der Waals surface area contributed by atoms with Crippen LogP contribution in [-0.4, -0.2) is 60.1 Å². The zero-order chi connectivity index (χ0) is 25.9. The topological polar surface area (TPSA) is 91.4 Å². The summed E-state index contributed by atoms with van der Waals surface area (Å²) >= 11 is 0. The zero-order valence-electron chi connectivity index (χ0n) is 19.9. The highest BCUT2D eigenvalue weighted by Gasteiger charge is 2.37. The minimum absolute atomic E-state index is 0.286. The predicted octanol–water partition coefficient (Wildman–Crippen LogP) is 3.73. The van der Waals surface area contributed by atoms with Gasteiger partial charge < -0.3 is 10.1 Å². The molecule has 192 valence electrons. The third-order valence-electron chi connectivity index (χ3n) is 6.34. The Hall–Kier alpha value is -3.57. The van der Waals surface area contributed by atoms with Crippen molar-refractivity contribution in [1.82, 2.24) is 20.0 Å². The number of halogens is 3. The zero-order valence-corrected chi connectivity index (χ0v) is 19.9. The highest BCUT2D eigenvalue weighted by atomic mass is 19.4. The summed E-state index contributed by atoms with van der Waals surface area (Å²) in [5.41, 5.74) is 0.410. The van der Waals surface area contributed by atoms with Crippen LogP contribution in [-0.2, 0) is 10.9 Å². The van der Waals surface area contributed by atoms with Gasteiger partial charge in [-0.1, -0.05) is 36.4 Å². The van der Waals surface area contributed by atoms with E-state index in [4.69, 9.17) is 4.74 Å². The number of methoxy groups -OCH3 is 1. The number of aromatic amines is 1. The quantitative estimate of drug-likeness (QED) is 0.458. The lowest BCUT2D eigenvalue weighted by atomic mass is 9.93. The molecule has 2 amide bonds. The Balaban J connectivity index is 1.56. The number of hydrogen-bond donors (Lipinski definition) is 3. The van der Waals surface area contributed by atoms with Gasteiger partial charge in [0, 0.05) is 32.7 Å². The van der Waals surface area contributed by atoms with Crippen LogP contribution in [0, 0.1) is 6.92 Å². The van der Waals surface area contributed by atoms with Crippen LogP contribution in [0.5, 0.6) is 0 Å². The number of para-hydroxylation sites is 1. The summed E-state index contributed by atoms with van der Waals surface area (Å²) in [7, 11) is 1.58. The molecule has 1 aliphatic heterocycles. The van der Waals surface area contributed by atoms with Gasteiger partial charge in [0.25, 0.3) is 5.56 Å². The van der Waals surface area contributed by atoms with Crippen LogP contribution in [0.25, 0.3) is 5.69 Å². The number of likely N-dealkylation sites (tertiary alicyclic amines) is 1. The third kappa shape index (κ3) is 5.63. The van der Waals surface area contributed by atoms with E-state index < -0.39 is 23.8 Å². The number of amides is 2. The van der Waals surface area contributed by atoms with Gasteiger partial charge in [-0.3, -0.25) is 20.1 Å². The molecule has 2 aromatic carbocycles. The molecule has 0 aliphatic carbocycles. The van der Waals surface area contributed by atoms with Crippen LogP contribution in [0.15, 0.2) is 59.4 Å². The van der Waals surface area contributed by atoms with Crippen LogP contribution in [0.4, 0.5) is 23.8 Å². The highest BCUT2D eigenvalue weighted by molar-refractivity contribution is 5.89. The summed E-state index contributed by atoms with van der Waals surface area (Å²) in [6.07, 6.45) is -4.46. The van der Waals surface area contributed by atoms with E-state index in [0.717, 1.165) is 12.1 Å². The van der Waals surface area contributed by atoms with E-state index >= 15 is 0 Å². The first kappa shape index (κ1) is 25.5. The molecule has 1 unspecified atom stereocenters. The van der Waals surface area contributed by atoms with Crippen LogP contribution in [0.3, 0.4) is 0 Å². The van der Waals surface area contributed by atoms with Crippen molar-refractivity contribution >= 4 is 11.8 Å². The summed E-state index contributed by atoms with van der Waals surface area (Å²) in [6, 6.07) is 13.2. The lowest BCUT2D eigenvalue weighted by Gasteiger charge is -2.22. The molecular formula is C25H28F3N5O3. The van der Waals surface area contributed by atoms with Crippen molar-refractivity contribution < 1.29 is 22.7 Å². The SMILES string of the molecule is COCCN1CC(c2cccc(C(F)(F)F)c2)[C@H](NC(=O)Nc2c(C)c(=O)[nH]n2-c2ccccc2)C1. The highest BCUT2D eigenvalue weighted by Crippen LogP contribution is 2.34. The van der Waals surface area contributed by atoms with E-state index in [1.54, 1.807) is 44.4 Å². The van der Waals surface area contributed by atoms with Gasteiger partial charge in [-0.05, 0) is 30.7 Å². The van der Waals surface area contributed by atoms with Gasteiger partial charge in [0.2, 0.25) is 0 Å². The van der Waals surface area contributed by atoms with Crippen molar-refractivity contribution in [2.75, 3.05) is 38.7 Å². The average molecular weight is 504 g/mol. The summed E-state index contributed by atoms with van der Waals surface area (Å²) < 4.78 is 46.6. The molecule has 1 saturated heterocycles. The molecule has 3 aromatic rings. The van der Waals surface area contributed by atoms with Gasteiger partial charge >= 0.3 is 12.2 Å². The molecule has 0 radical (unpaired) electrons. The number of ether oxygens (including phenoxy) is 1. The molecule has 11 heteroatoms. The minimum Gasteiger partial charge on any atom is -0.383 e. The fourth-order valence-corrected chi connectivity index (χ4v) is 4.47. The second-order valence-electron chi connectivity index (χ2n) is 8.77. The number of nitrogens with zero attached hydrogens (tertiary/aromatic N) is 2. The van der Waals surface area contributed by atoms with E-state index in [0.29, 0.717) is 43.1 Å². The number of aromatic nitrogens is 2. The number of nitrogens with one attached hydrogen (secondary N) is 3. The third-order valence-corrected chi connectivity index (χ3v) is 6.34. The monoisotopic (exact) mass is 503 g/mol. The molecule has 1 fully saturated rings. The molecule has 4 rings (SSSR count). The van der Waals surface area contributed by atoms with E-state index in [2.05, 4.69) is 15.7 Å². The second-order valence-corrected chi connectivity index (χ2v) is 8.77. The standard InChI is InChI=1S/C25H28F3N5O3/c1-16-22(33(31-23(16)34)19-9-4-3-5-10-19)30-24(35)29-21-15-32(11-12-36-2)14-20(21)17-7-6-8-18(13-17)25(26,27)28/h3-10,13,20-21H,11-12,14-15H2,1-2H3,(H,31,34)(H2,29,30,35)/t20?,21-/m1/s1. The van der Waals surface area contributed by atoms with E-state index in [9.17, 15) is 22.8 Å². The largest absolute Gasteiger partial charge is 0.416 e. The van der Waals surface area contributed by atoms with Crippen molar-refractivity contribution in [2.45, 2.75) is 25.1 Å². The molecule has 0 spiro atoms. The Bertz CT molecular complexity index is 1260. The number of carbonyl (C=O) groups is 1. The predicted molar refractivity (Wildman–Crippen MR) is 130 cm³/mol. The van der Waals surface area contributed by atoms with Gasteiger partial charge in [-0.15, -0.1) is 0 Å². The van der Waals surface area contributed by atoms with E-state index in [1.807, 2.05) is 11.0 Å². The fourth-order valence-electron chi connectivity index (χ4n) is 4.47. The number of benzene rings is 2. The number of hydrogen-bond acceptors (Lipinski definition) is 4. The van der Waals surface area contributed by atoms with Crippen molar-refractivity contribution in [3.05, 3.63) is 81.6 Å². The molecule has 36 heavy (non-hydrogen) atoms. The minimum atomic E-state index is -4.46. The summed E-state index contributed by atoms with van der Waals surface area (Å²) in [4.78, 5) is 27.4. The number of carbonyl (C=O) groups excluding carboxylic acids is 1. The Morgan fingerprint density at radius 2 is 1.89 bits per heavy atom. The van der Waals surface area contributed by atoms with E-state index in [-0.39, 0.29) is 17.3 Å². The first-order valence-corrected chi connectivity index (χ1v) is 11.5. The second kappa shape index (κ2) is 10.6. The molecule has 2 atom stereocenters. The van der Waals surface area contributed by atoms with Crippen molar-refractivity contribution in [2.24, 2.45) is 0 Å². The molecular weight excluding hydrogens is 475 g/mol. The Morgan fingerprint density at radius 1 is 1.14 bits per heavy atom. The molecule has 0 bridgehead atoms. The first-order chi connectivity index (χ1) is 17.2. The maximum absolute atomic E-state index is 13.3. The maximum atomic E-state index is 13.3. The molecule has 1 aliphatic rings. The van der Waals surface area contributed by atoms with Gasteiger partial charge in [0.05, 0.1) is 29.5 Å². The number of rotatable bonds is 7. The van der Waals surface area contributed by atoms with Crippen molar-refractivity contribution in [3.63, 3.8) is 0 Å². The smallest absolute Gasteiger partial charge is 0.383 e. The molecule has 1 aromatic heterocycles. The maximum Gasteiger partial charge on any atom is 0.416 e. The summed E-state index contributed by atoms with van der Waals surface area (Å²) in [5.74, 6) is -0.0768.